The van der Waals surface area contributed by atoms with Gasteiger partial charge in [0.1, 0.15) is 23.3 Å². The number of nitrogens with zero attached hydrogens (tertiary/aromatic N) is 4. The molecule has 2 atom stereocenters. The number of benzene rings is 1. The molecule has 1 amide bonds. The second-order valence-electron chi connectivity index (χ2n) is 12.3. The topological polar surface area (TPSA) is 79.4 Å². The summed E-state index contributed by atoms with van der Waals surface area (Å²) in [5, 5.41) is 3.63. The van der Waals surface area contributed by atoms with Gasteiger partial charge in [-0.15, -0.1) is 0 Å². The molecule has 0 aliphatic carbocycles. The van der Waals surface area contributed by atoms with Gasteiger partial charge in [0, 0.05) is 63.1 Å². The Balaban J connectivity index is 1.15. The molecule has 0 spiro atoms. The zero-order chi connectivity index (χ0) is 27.3. The standard InChI is InChI=1S/C30H41N5O4/c1-19-14-21(22-16-35(17-22)23-7-9-34(18-23)29(36)39-30(3,4)5)15-24-27(19)38-20(2)26-25(6-8-31-28(26)32-24)33-10-12-37-13-11-33/h6,8,14-15,20,22-23H,7,9-13,16-18H2,1-5H3,(H,31,32)/t20-,23-/m1/s1. The van der Waals surface area contributed by atoms with E-state index in [0.717, 1.165) is 87.3 Å². The number of carbonyl (C=O) groups is 1. The fourth-order valence-electron chi connectivity index (χ4n) is 6.25. The van der Waals surface area contributed by atoms with Crippen molar-refractivity contribution in [3.8, 4) is 5.75 Å². The highest BCUT2D eigenvalue weighted by Crippen LogP contribution is 2.45. The molecule has 210 valence electrons. The van der Waals surface area contributed by atoms with E-state index in [2.05, 4.69) is 47.2 Å². The van der Waals surface area contributed by atoms with Crippen LogP contribution in [0.25, 0.3) is 0 Å². The van der Waals surface area contributed by atoms with Gasteiger partial charge in [-0.3, -0.25) is 4.90 Å². The molecule has 6 rings (SSSR count). The van der Waals surface area contributed by atoms with Crippen molar-refractivity contribution in [3.63, 3.8) is 0 Å². The largest absolute Gasteiger partial charge is 0.483 e. The fourth-order valence-corrected chi connectivity index (χ4v) is 6.25. The predicted molar refractivity (Wildman–Crippen MR) is 151 cm³/mol. The third-order valence-corrected chi connectivity index (χ3v) is 8.28. The van der Waals surface area contributed by atoms with Crippen LogP contribution < -0.4 is 15.0 Å². The van der Waals surface area contributed by atoms with Crippen LogP contribution >= 0.6 is 0 Å². The van der Waals surface area contributed by atoms with E-state index in [9.17, 15) is 4.79 Å². The summed E-state index contributed by atoms with van der Waals surface area (Å²) in [7, 11) is 0. The van der Waals surface area contributed by atoms with Crippen LogP contribution in [0, 0.1) is 6.92 Å². The lowest BCUT2D eigenvalue weighted by Crippen LogP contribution is -2.52. The van der Waals surface area contributed by atoms with Crippen LogP contribution in [0.2, 0.25) is 0 Å². The lowest BCUT2D eigenvalue weighted by Gasteiger charge is -2.43. The van der Waals surface area contributed by atoms with E-state index in [1.54, 1.807) is 0 Å². The summed E-state index contributed by atoms with van der Waals surface area (Å²) in [4.78, 5) is 24.0. The molecule has 9 heteroatoms. The Morgan fingerprint density at radius 1 is 1.13 bits per heavy atom. The van der Waals surface area contributed by atoms with Gasteiger partial charge in [0.25, 0.3) is 0 Å². The van der Waals surface area contributed by atoms with Crippen molar-refractivity contribution < 1.29 is 19.0 Å². The van der Waals surface area contributed by atoms with Crippen LogP contribution in [0.4, 0.5) is 22.0 Å². The summed E-state index contributed by atoms with van der Waals surface area (Å²) in [5.74, 6) is 2.22. The molecule has 39 heavy (non-hydrogen) atoms. The summed E-state index contributed by atoms with van der Waals surface area (Å²) >= 11 is 0. The normalized spacial score (nSPS) is 23.7. The Morgan fingerprint density at radius 2 is 1.90 bits per heavy atom. The van der Waals surface area contributed by atoms with Gasteiger partial charge in [-0.1, -0.05) is 6.07 Å². The van der Waals surface area contributed by atoms with Crippen molar-refractivity contribution in [2.24, 2.45) is 0 Å². The molecule has 4 aliphatic rings. The van der Waals surface area contributed by atoms with E-state index in [1.807, 2.05) is 31.9 Å². The van der Waals surface area contributed by atoms with Crippen molar-refractivity contribution in [1.82, 2.24) is 14.8 Å². The fraction of sp³-hybridized carbons (Fsp3) is 0.600. The number of carbonyl (C=O) groups excluding carboxylic acids is 1. The number of rotatable bonds is 3. The number of morpholine rings is 1. The molecule has 0 bridgehead atoms. The van der Waals surface area contributed by atoms with E-state index in [4.69, 9.17) is 19.2 Å². The quantitative estimate of drug-likeness (QED) is 0.599. The van der Waals surface area contributed by atoms with E-state index >= 15 is 0 Å². The van der Waals surface area contributed by atoms with Gasteiger partial charge in [-0.2, -0.15) is 0 Å². The summed E-state index contributed by atoms with van der Waals surface area (Å²) < 4.78 is 17.7. The number of anilines is 3. The monoisotopic (exact) mass is 535 g/mol. The van der Waals surface area contributed by atoms with Gasteiger partial charge in [0.2, 0.25) is 0 Å². The molecule has 2 aromatic rings. The average Bonchev–Trinajstić information content (AvgIpc) is 3.29. The van der Waals surface area contributed by atoms with Crippen LogP contribution in [-0.4, -0.2) is 85.0 Å². The second-order valence-corrected chi connectivity index (χ2v) is 12.3. The Labute approximate surface area is 231 Å². The number of hydrogen-bond acceptors (Lipinski definition) is 8. The smallest absolute Gasteiger partial charge is 0.410 e. The van der Waals surface area contributed by atoms with E-state index in [1.165, 1.54) is 11.3 Å². The van der Waals surface area contributed by atoms with Gasteiger partial charge < -0.3 is 29.3 Å². The number of aromatic nitrogens is 1. The molecule has 4 aliphatic heterocycles. The summed E-state index contributed by atoms with van der Waals surface area (Å²) in [6.07, 6.45) is 2.56. The van der Waals surface area contributed by atoms with Crippen molar-refractivity contribution in [1.29, 1.82) is 0 Å². The number of fused-ring (bicyclic) bond motifs is 2. The number of likely N-dealkylation sites (tertiary alicyclic amines) is 2. The zero-order valence-electron chi connectivity index (χ0n) is 23.8. The summed E-state index contributed by atoms with van der Waals surface area (Å²) in [5.41, 5.74) is 5.25. The van der Waals surface area contributed by atoms with E-state index in [0.29, 0.717) is 12.0 Å². The second kappa shape index (κ2) is 10.2. The zero-order valence-corrected chi connectivity index (χ0v) is 23.8. The molecule has 1 aromatic heterocycles. The Kier molecular flexibility index (Phi) is 6.83. The van der Waals surface area contributed by atoms with Gasteiger partial charge in [-0.25, -0.2) is 9.78 Å². The Morgan fingerprint density at radius 3 is 2.64 bits per heavy atom. The number of hydrogen-bond donors (Lipinski definition) is 1. The maximum atomic E-state index is 12.5. The van der Waals surface area contributed by atoms with Crippen molar-refractivity contribution in [2.75, 3.05) is 62.7 Å². The van der Waals surface area contributed by atoms with Gasteiger partial charge >= 0.3 is 6.09 Å². The summed E-state index contributed by atoms with van der Waals surface area (Å²) in [6.45, 7) is 16.7. The van der Waals surface area contributed by atoms with Crippen molar-refractivity contribution in [3.05, 3.63) is 41.1 Å². The van der Waals surface area contributed by atoms with E-state index in [-0.39, 0.29) is 12.2 Å². The van der Waals surface area contributed by atoms with E-state index < -0.39 is 5.60 Å². The van der Waals surface area contributed by atoms with Gasteiger partial charge in [0.15, 0.2) is 0 Å². The lowest BCUT2D eigenvalue weighted by atomic mass is 9.88. The minimum absolute atomic E-state index is 0.126. The first kappa shape index (κ1) is 26.2. The minimum atomic E-state index is -0.462. The highest BCUT2D eigenvalue weighted by molar-refractivity contribution is 5.75. The molecule has 0 radical (unpaired) electrons. The molecule has 9 nitrogen and oxygen atoms in total. The van der Waals surface area contributed by atoms with Crippen LogP contribution in [0.15, 0.2) is 24.4 Å². The highest BCUT2D eigenvalue weighted by atomic mass is 16.6. The first-order chi connectivity index (χ1) is 18.7. The third-order valence-electron chi connectivity index (χ3n) is 8.28. The van der Waals surface area contributed by atoms with Crippen LogP contribution in [-0.2, 0) is 9.47 Å². The van der Waals surface area contributed by atoms with Crippen LogP contribution in [0.1, 0.15) is 62.8 Å². The molecule has 1 aromatic carbocycles. The van der Waals surface area contributed by atoms with Gasteiger partial charge in [-0.05, 0) is 64.3 Å². The van der Waals surface area contributed by atoms with Crippen LogP contribution in [0.3, 0.4) is 0 Å². The van der Waals surface area contributed by atoms with Crippen molar-refractivity contribution >= 4 is 23.3 Å². The van der Waals surface area contributed by atoms with Gasteiger partial charge in [0.05, 0.1) is 24.5 Å². The minimum Gasteiger partial charge on any atom is -0.483 e. The molecular formula is C30H41N5O4. The Hall–Kier alpha value is -3.04. The molecule has 5 heterocycles. The summed E-state index contributed by atoms with van der Waals surface area (Å²) in [6, 6.07) is 7.02. The third kappa shape index (κ3) is 5.26. The molecular weight excluding hydrogens is 494 g/mol. The number of aryl methyl sites for hydroxylation is 1. The predicted octanol–water partition coefficient (Wildman–Crippen LogP) is 4.83. The first-order valence-electron chi connectivity index (χ1n) is 14.3. The number of pyridine rings is 1. The molecule has 1 N–H and O–H groups in total. The number of ether oxygens (including phenoxy) is 3. The molecule has 3 fully saturated rings. The molecule has 3 saturated heterocycles. The lowest BCUT2D eigenvalue weighted by molar-refractivity contribution is 0.0260. The Bertz CT molecular complexity index is 1230. The number of amides is 1. The number of nitrogens with one attached hydrogen (secondary N) is 1. The maximum absolute atomic E-state index is 12.5. The highest BCUT2D eigenvalue weighted by Gasteiger charge is 2.39. The maximum Gasteiger partial charge on any atom is 0.410 e. The average molecular weight is 536 g/mol. The first-order valence-corrected chi connectivity index (χ1v) is 14.3. The van der Waals surface area contributed by atoms with Crippen LogP contribution in [0.5, 0.6) is 5.75 Å². The molecule has 0 unspecified atom stereocenters. The molecule has 0 saturated carbocycles. The van der Waals surface area contributed by atoms with Crippen molar-refractivity contribution in [2.45, 2.75) is 64.7 Å². The SMILES string of the molecule is Cc1cc(C2CN([C@@H]3CCN(C(=O)OC(C)(C)C)C3)C2)cc2c1O[C@H](C)c1c(N3CCOCC3)ccnc1N2.